The van der Waals surface area contributed by atoms with Crippen LogP contribution in [0.15, 0.2) is 30.4 Å². The van der Waals surface area contributed by atoms with Gasteiger partial charge in [-0.3, -0.25) is 4.79 Å². The van der Waals surface area contributed by atoms with Gasteiger partial charge in [0.15, 0.2) is 0 Å². The fraction of sp³-hybridized carbons (Fsp3) is 0.100. The van der Waals surface area contributed by atoms with E-state index in [1.165, 1.54) is 6.08 Å². The molecule has 0 spiro atoms. The largest absolute Gasteiger partial charge is 0.322 e. The lowest BCUT2D eigenvalue weighted by Crippen LogP contribution is -2.07. The van der Waals surface area contributed by atoms with E-state index in [4.69, 9.17) is 23.2 Å². The van der Waals surface area contributed by atoms with Crippen LogP contribution in [0.1, 0.15) is 6.92 Å². The number of halogens is 2. The number of anilines is 1. The number of allylic oxidation sites excluding steroid dienone is 1. The second kappa shape index (κ2) is 5.03. The third kappa shape index (κ3) is 3.05. The smallest absolute Gasteiger partial charge is 0.248 e. The first-order valence-electron chi connectivity index (χ1n) is 4.02. The van der Waals surface area contributed by atoms with Crippen LogP contribution in [0.3, 0.4) is 0 Å². The van der Waals surface area contributed by atoms with Crippen LogP contribution in [0.5, 0.6) is 0 Å². The fourth-order valence-electron chi connectivity index (χ4n) is 0.909. The SMILES string of the molecule is C/C=C/C(=O)Nc1ccc(Cl)c(Cl)c1. The average Bonchev–Trinajstić information content (AvgIpc) is 2.12. The molecule has 0 saturated heterocycles. The van der Waals surface area contributed by atoms with Crippen LogP contribution >= 0.6 is 23.2 Å². The topological polar surface area (TPSA) is 29.1 Å². The molecule has 14 heavy (non-hydrogen) atoms. The first-order valence-corrected chi connectivity index (χ1v) is 4.78. The number of hydrogen-bond donors (Lipinski definition) is 1. The molecule has 0 aliphatic carbocycles. The summed E-state index contributed by atoms with van der Waals surface area (Å²) in [7, 11) is 0. The van der Waals surface area contributed by atoms with Gasteiger partial charge in [-0.25, -0.2) is 0 Å². The molecule has 0 bridgehead atoms. The molecule has 0 fully saturated rings. The molecule has 0 unspecified atom stereocenters. The van der Waals surface area contributed by atoms with E-state index in [2.05, 4.69) is 5.32 Å². The quantitative estimate of drug-likeness (QED) is 0.774. The third-order valence-electron chi connectivity index (χ3n) is 1.51. The predicted octanol–water partition coefficient (Wildman–Crippen LogP) is 3.51. The van der Waals surface area contributed by atoms with Crippen LogP contribution in [0.25, 0.3) is 0 Å². The third-order valence-corrected chi connectivity index (χ3v) is 2.24. The summed E-state index contributed by atoms with van der Waals surface area (Å²) < 4.78 is 0. The first kappa shape index (κ1) is 11.1. The van der Waals surface area contributed by atoms with Gasteiger partial charge in [0, 0.05) is 5.69 Å². The molecule has 4 heteroatoms. The zero-order valence-electron chi connectivity index (χ0n) is 7.55. The summed E-state index contributed by atoms with van der Waals surface area (Å²) in [6.07, 6.45) is 3.09. The van der Waals surface area contributed by atoms with E-state index in [0.29, 0.717) is 15.7 Å². The van der Waals surface area contributed by atoms with Crippen molar-refractivity contribution in [3.63, 3.8) is 0 Å². The summed E-state index contributed by atoms with van der Waals surface area (Å²) in [5.74, 6) is -0.189. The van der Waals surface area contributed by atoms with Crippen LogP contribution in [0, 0.1) is 0 Å². The van der Waals surface area contributed by atoms with E-state index in [9.17, 15) is 4.79 Å². The van der Waals surface area contributed by atoms with Gasteiger partial charge in [-0.15, -0.1) is 0 Å². The number of nitrogens with one attached hydrogen (secondary N) is 1. The minimum Gasteiger partial charge on any atom is -0.322 e. The minimum absolute atomic E-state index is 0.189. The molecule has 0 atom stereocenters. The van der Waals surface area contributed by atoms with Crippen molar-refractivity contribution in [2.45, 2.75) is 6.92 Å². The van der Waals surface area contributed by atoms with Crippen molar-refractivity contribution in [3.8, 4) is 0 Å². The van der Waals surface area contributed by atoms with Crippen molar-refractivity contribution in [2.24, 2.45) is 0 Å². The minimum atomic E-state index is -0.189. The molecular weight excluding hydrogens is 221 g/mol. The molecule has 1 N–H and O–H groups in total. The van der Waals surface area contributed by atoms with Gasteiger partial charge in [0.05, 0.1) is 10.0 Å². The highest BCUT2D eigenvalue weighted by Crippen LogP contribution is 2.24. The predicted molar refractivity (Wildman–Crippen MR) is 59.9 cm³/mol. The molecule has 0 saturated carbocycles. The second-order valence-corrected chi connectivity index (χ2v) is 3.43. The van der Waals surface area contributed by atoms with Crippen LogP contribution in [-0.4, -0.2) is 5.91 Å². The Kier molecular flexibility index (Phi) is 3.98. The molecule has 74 valence electrons. The van der Waals surface area contributed by atoms with Crippen molar-refractivity contribution in [2.75, 3.05) is 5.32 Å². The zero-order chi connectivity index (χ0) is 10.6. The van der Waals surface area contributed by atoms with Gasteiger partial charge in [-0.2, -0.15) is 0 Å². The Morgan fingerprint density at radius 1 is 1.36 bits per heavy atom. The molecule has 2 nitrogen and oxygen atoms in total. The van der Waals surface area contributed by atoms with Gasteiger partial charge < -0.3 is 5.32 Å². The molecule has 0 radical (unpaired) electrons. The molecular formula is C10H9Cl2NO. The molecule has 0 aliphatic heterocycles. The summed E-state index contributed by atoms with van der Waals surface area (Å²) in [5, 5.41) is 3.53. The first-order chi connectivity index (χ1) is 6.63. The van der Waals surface area contributed by atoms with Crippen LogP contribution in [-0.2, 0) is 4.79 Å². The van der Waals surface area contributed by atoms with Gasteiger partial charge in [0.1, 0.15) is 0 Å². The highest BCUT2D eigenvalue weighted by Gasteiger charge is 2.00. The number of benzene rings is 1. The highest BCUT2D eigenvalue weighted by atomic mass is 35.5. The molecule has 0 aromatic heterocycles. The van der Waals surface area contributed by atoms with E-state index < -0.39 is 0 Å². The Labute approximate surface area is 92.5 Å². The molecule has 0 heterocycles. The number of carbonyl (C=O) groups excluding carboxylic acids is 1. The number of carbonyl (C=O) groups is 1. The Hall–Kier alpha value is -0.990. The van der Waals surface area contributed by atoms with Crippen molar-refractivity contribution < 1.29 is 4.79 Å². The standard InChI is InChI=1S/C10H9Cl2NO/c1-2-3-10(14)13-7-4-5-8(11)9(12)6-7/h2-6H,1H3,(H,13,14)/b3-2+. The van der Waals surface area contributed by atoms with Gasteiger partial charge in [-0.05, 0) is 31.2 Å². The molecule has 0 aliphatic rings. The Morgan fingerprint density at radius 3 is 2.64 bits per heavy atom. The van der Waals surface area contributed by atoms with Crippen molar-refractivity contribution >= 4 is 34.8 Å². The number of rotatable bonds is 2. The summed E-state index contributed by atoms with van der Waals surface area (Å²) in [6.45, 7) is 1.77. The Morgan fingerprint density at radius 2 is 2.07 bits per heavy atom. The second-order valence-electron chi connectivity index (χ2n) is 2.62. The molecule has 1 aromatic carbocycles. The molecule has 1 amide bonds. The lowest BCUT2D eigenvalue weighted by Gasteiger charge is -2.03. The van der Waals surface area contributed by atoms with Crippen molar-refractivity contribution in [1.29, 1.82) is 0 Å². The van der Waals surface area contributed by atoms with Crippen LogP contribution in [0.4, 0.5) is 5.69 Å². The van der Waals surface area contributed by atoms with Gasteiger partial charge >= 0.3 is 0 Å². The number of hydrogen-bond acceptors (Lipinski definition) is 1. The normalized spacial score (nSPS) is 10.5. The zero-order valence-corrected chi connectivity index (χ0v) is 9.06. The molecule has 1 rings (SSSR count). The van der Waals surface area contributed by atoms with Gasteiger partial charge in [-0.1, -0.05) is 29.3 Å². The fourth-order valence-corrected chi connectivity index (χ4v) is 1.21. The van der Waals surface area contributed by atoms with Crippen LogP contribution < -0.4 is 5.32 Å². The van der Waals surface area contributed by atoms with E-state index in [1.807, 2.05) is 0 Å². The van der Waals surface area contributed by atoms with Crippen LogP contribution in [0.2, 0.25) is 10.0 Å². The van der Waals surface area contributed by atoms with E-state index in [1.54, 1.807) is 31.2 Å². The van der Waals surface area contributed by atoms with Gasteiger partial charge in [0.2, 0.25) is 5.91 Å². The summed E-state index contributed by atoms with van der Waals surface area (Å²) >= 11 is 11.5. The van der Waals surface area contributed by atoms with E-state index in [0.717, 1.165) is 0 Å². The summed E-state index contributed by atoms with van der Waals surface area (Å²) in [4.78, 5) is 11.1. The van der Waals surface area contributed by atoms with Gasteiger partial charge in [0.25, 0.3) is 0 Å². The summed E-state index contributed by atoms with van der Waals surface area (Å²) in [5.41, 5.74) is 0.627. The maximum absolute atomic E-state index is 11.1. The van der Waals surface area contributed by atoms with Crippen molar-refractivity contribution in [1.82, 2.24) is 0 Å². The number of amides is 1. The maximum Gasteiger partial charge on any atom is 0.248 e. The molecule has 1 aromatic rings. The van der Waals surface area contributed by atoms with Crippen molar-refractivity contribution in [3.05, 3.63) is 40.4 Å². The maximum atomic E-state index is 11.1. The monoisotopic (exact) mass is 229 g/mol. The Balaban J connectivity index is 2.78. The van der Waals surface area contributed by atoms with E-state index >= 15 is 0 Å². The highest BCUT2D eigenvalue weighted by molar-refractivity contribution is 6.42. The lowest BCUT2D eigenvalue weighted by molar-refractivity contribution is -0.111. The Bertz CT molecular complexity index is 374. The average molecular weight is 230 g/mol. The lowest BCUT2D eigenvalue weighted by atomic mass is 10.3. The van der Waals surface area contributed by atoms with E-state index in [-0.39, 0.29) is 5.91 Å². The summed E-state index contributed by atoms with van der Waals surface area (Å²) in [6, 6.07) is 4.93.